The molecule has 0 saturated carbocycles. The van der Waals surface area contributed by atoms with Crippen molar-refractivity contribution in [3.63, 3.8) is 0 Å². The van der Waals surface area contributed by atoms with E-state index in [4.69, 9.17) is 23.7 Å². The van der Waals surface area contributed by atoms with Gasteiger partial charge in [-0.15, -0.1) is 0 Å². The highest BCUT2D eigenvalue weighted by molar-refractivity contribution is 5.82. The van der Waals surface area contributed by atoms with Crippen LogP contribution in [0.4, 0.5) is 0 Å². The molecule has 9 nitrogen and oxygen atoms in total. The molecule has 2 atom stereocenters. The van der Waals surface area contributed by atoms with Gasteiger partial charge in [-0.1, -0.05) is 66.7 Å². The fraction of sp³-hybridized carbons (Fsp3) is 0.316. The van der Waals surface area contributed by atoms with Gasteiger partial charge in [0.25, 0.3) is 0 Å². The van der Waals surface area contributed by atoms with Gasteiger partial charge in [0.2, 0.25) is 5.60 Å². The average molecular weight is 643 g/mol. The van der Waals surface area contributed by atoms with Crippen molar-refractivity contribution in [3.05, 3.63) is 125 Å². The molecule has 4 rings (SSSR count). The lowest BCUT2D eigenvalue weighted by Crippen LogP contribution is -2.37. The largest absolute Gasteiger partial charge is 0.497 e. The lowest BCUT2D eigenvalue weighted by atomic mass is 9.80. The number of unbranched alkanes of at least 4 members (excludes halogenated alkanes) is 1. The summed E-state index contributed by atoms with van der Waals surface area (Å²) in [6, 6.07) is 31.8. The van der Waals surface area contributed by atoms with E-state index in [1.807, 2.05) is 78.9 Å². The van der Waals surface area contributed by atoms with Crippen LogP contribution in [0.15, 0.2) is 103 Å². The Morgan fingerprint density at radius 1 is 0.702 bits per heavy atom. The Kier molecular flexibility index (Phi) is 12.0. The number of benzene rings is 4. The summed E-state index contributed by atoms with van der Waals surface area (Å²) in [6.07, 6.45) is 1.14. The third kappa shape index (κ3) is 8.49. The number of hydrogen-bond donors (Lipinski definition) is 2. The molecule has 4 aromatic carbocycles. The summed E-state index contributed by atoms with van der Waals surface area (Å²) < 4.78 is 28.5. The Labute approximate surface area is 275 Å². The van der Waals surface area contributed by atoms with Crippen molar-refractivity contribution in [2.45, 2.75) is 50.4 Å². The van der Waals surface area contributed by atoms with Crippen LogP contribution in [0.5, 0.6) is 17.2 Å². The summed E-state index contributed by atoms with van der Waals surface area (Å²) in [7, 11) is 3.25. The summed E-state index contributed by atoms with van der Waals surface area (Å²) in [6.45, 7) is 2.99. The van der Waals surface area contributed by atoms with Gasteiger partial charge in [0, 0.05) is 12.5 Å². The lowest BCUT2D eigenvalue weighted by Gasteiger charge is -2.36. The van der Waals surface area contributed by atoms with Gasteiger partial charge in [-0.05, 0) is 79.3 Å². The van der Waals surface area contributed by atoms with Crippen LogP contribution in [-0.2, 0) is 30.3 Å². The second-order valence-corrected chi connectivity index (χ2v) is 11.3. The fourth-order valence-corrected chi connectivity index (χ4v) is 5.43. The fourth-order valence-electron chi connectivity index (χ4n) is 5.43. The van der Waals surface area contributed by atoms with Crippen LogP contribution in [-0.4, -0.2) is 55.7 Å². The summed E-state index contributed by atoms with van der Waals surface area (Å²) in [5.41, 5.74) is 0.213. The highest BCUT2D eigenvalue weighted by Crippen LogP contribution is 2.42. The van der Waals surface area contributed by atoms with Gasteiger partial charge in [-0.2, -0.15) is 0 Å². The number of carboxylic acid groups (broad SMARTS) is 1. The average Bonchev–Trinajstić information content (AvgIpc) is 3.09. The quantitative estimate of drug-likeness (QED) is 0.0757. The van der Waals surface area contributed by atoms with Crippen LogP contribution >= 0.6 is 0 Å². The molecule has 0 amide bonds. The zero-order chi connectivity index (χ0) is 33.9. The zero-order valence-electron chi connectivity index (χ0n) is 27.2. The number of carbonyl (C=O) groups is 2. The van der Waals surface area contributed by atoms with Crippen LogP contribution in [0.3, 0.4) is 0 Å². The molecule has 0 aliphatic carbocycles. The molecular formula is C38H42O9. The van der Waals surface area contributed by atoms with Crippen LogP contribution in [0.2, 0.25) is 0 Å². The van der Waals surface area contributed by atoms with Gasteiger partial charge in [-0.25, -0.2) is 4.79 Å². The van der Waals surface area contributed by atoms with Crippen molar-refractivity contribution in [3.8, 4) is 17.2 Å². The molecule has 0 fully saturated rings. The molecule has 4 aromatic rings. The number of carboxylic acids is 1. The summed E-state index contributed by atoms with van der Waals surface area (Å²) in [5.74, 6) is 0.0570. The minimum atomic E-state index is -1.79. The summed E-state index contributed by atoms with van der Waals surface area (Å²) in [5, 5.41) is 20.7. The number of carbonyl (C=O) groups excluding carboxylic acids is 1. The minimum absolute atomic E-state index is 0.0833. The van der Waals surface area contributed by atoms with Crippen LogP contribution in [0.25, 0.3) is 0 Å². The standard InChI is InChI=1S/C38H42O9/c1-27(39)47-37(2,36(41)42)28-13-23-35(24-14-28)45-25-9-8-12-32(40)26-46-38(29-10-6-5-7-11-29,30-15-19-33(43-3)20-16-30)31-17-21-34(44-4)22-18-31/h5-7,10-11,13-24,32,40H,8-9,12,25-26H2,1-4H3,(H,41,42). The topological polar surface area (TPSA) is 121 Å². The SMILES string of the molecule is COc1ccc(C(OCC(O)CCCCOc2ccc(C(C)(OC(C)=O)C(=O)O)cc2)(c2ccccc2)c2ccc(OC)cc2)cc1. The summed E-state index contributed by atoms with van der Waals surface area (Å²) >= 11 is 0. The van der Waals surface area contributed by atoms with Crippen molar-refractivity contribution in [1.82, 2.24) is 0 Å². The number of aliphatic hydroxyl groups excluding tert-OH is 1. The molecule has 0 radical (unpaired) electrons. The highest BCUT2D eigenvalue weighted by Gasteiger charge is 2.39. The van der Waals surface area contributed by atoms with E-state index in [0.29, 0.717) is 37.2 Å². The van der Waals surface area contributed by atoms with Gasteiger partial charge in [0.1, 0.15) is 22.8 Å². The molecule has 2 N–H and O–H groups in total. The second-order valence-electron chi connectivity index (χ2n) is 11.3. The molecule has 0 aromatic heterocycles. The van der Waals surface area contributed by atoms with Crippen LogP contribution in [0.1, 0.15) is 55.4 Å². The predicted molar refractivity (Wildman–Crippen MR) is 177 cm³/mol. The van der Waals surface area contributed by atoms with E-state index in [1.54, 1.807) is 38.5 Å². The number of hydrogen-bond acceptors (Lipinski definition) is 8. The zero-order valence-corrected chi connectivity index (χ0v) is 27.2. The molecule has 248 valence electrons. The van der Waals surface area contributed by atoms with Gasteiger partial charge in [-0.3, -0.25) is 4.79 Å². The first-order valence-corrected chi connectivity index (χ1v) is 15.4. The number of aliphatic carboxylic acids is 1. The van der Waals surface area contributed by atoms with E-state index >= 15 is 0 Å². The number of rotatable bonds is 17. The Morgan fingerprint density at radius 2 is 1.19 bits per heavy atom. The van der Waals surface area contributed by atoms with Crippen LogP contribution < -0.4 is 14.2 Å². The molecule has 0 spiro atoms. The first kappa shape index (κ1) is 35.0. The van der Waals surface area contributed by atoms with Gasteiger partial charge >= 0.3 is 11.9 Å². The predicted octanol–water partition coefficient (Wildman–Crippen LogP) is 6.49. The molecule has 2 unspecified atom stereocenters. The Morgan fingerprint density at radius 3 is 1.68 bits per heavy atom. The minimum Gasteiger partial charge on any atom is -0.497 e. The van der Waals surface area contributed by atoms with E-state index in [-0.39, 0.29) is 6.61 Å². The molecule has 9 heteroatoms. The first-order chi connectivity index (χ1) is 22.6. The molecule has 0 aliphatic heterocycles. The normalized spacial score (nSPS) is 13.2. The van der Waals surface area contributed by atoms with Crippen molar-refractivity contribution < 1.29 is 43.5 Å². The first-order valence-electron chi connectivity index (χ1n) is 15.4. The second kappa shape index (κ2) is 16.1. The Hall–Kier alpha value is -4.86. The third-order valence-electron chi connectivity index (χ3n) is 8.03. The van der Waals surface area contributed by atoms with Crippen molar-refractivity contribution >= 4 is 11.9 Å². The summed E-state index contributed by atoms with van der Waals surface area (Å²) in [4.78, 5) is 23.2. The van der Waals surface area contributed by atoms with Crippen molar-refractivity contribution in [2.24, 2.45) is 0 Å². The molecule has 0 saturated heterocycles. The number of aliphatic hydroxyl groups is 1. The number of methoxy groups -OCH3 is 2. The number of esters is 1. The number of ether oxygens (including phenoxy) is 5. The van der Waals surface area contributed by atoms with Crippen LogP contribution in [0, 0.1) is 0 Å². The molecule has 0 bridgehead atoms. The maximum Gasteiger partial charge on any atom is 0.352 e. The van der Waals surface area contributed by atoms with E-state index in [1.165, 1.54) is 13.8 Å². The Bertz CT molecular complexity index is 1520. The highest BCUT2D eigenvalue weighted by atomic mass is 16.6. The van der Waals surface area contributed by atoms with Crippen molar-refractivity contribution in [2.75, 3.05) is 27.4 Å². The van der Waals surface area contributed by atoms with Crippen molar-refractivity contribution in [1.29, 1.82) is 0 Å². The molecule has 47 heavy (non-hydrogen) atoms. The van der Waals surface area contributed by atoms with E-state index in [0.717, 1.165) is 28.2 Å². The smallest absolute Gasteiger partial charge is 0.352 e. The third-order valence-corrected chi connectivity index (χ3v) is 8.03. The van der Waals surface area contributed by atoms with E-state index in [2.05, 4.69) is 0 Å². The maximum absolute atomic E-state index is 11.8. The van der Waals surface area contributed by atoms with E-state index < -0.39 is 29.2 Å². The lowest BCUT2D eigenvalue weighted by molar-refractivity contribution is -0.176. The van der Waals surface area contributed by atoms with Gasteiger partial charge < -0.3 is 33.9 Å². The maximum atomic E-state index is 11.8. The Balaban J connectivity index is 1.41. The van der Waals surface area contributed by atoms with Gasteiger partial charge in [0.05, 0.1) is 33.5 Å². The molecule has 0 heterocycles. The molecule has 0 aliphatic rings. The van der Waals surface area contributed by atoms with E-state index in [9.17, 15) is 19.8 Å². The van der Waals surface area contributed by atoms with Gasteiger partial charge in [0.15, 0.2) is 0 Å². The molecular weight excluding hydrogens is 600 g/mol. The monoisotopic (exact) mass is 642 g/mol.